The maximum Gasteiger partial charge on any atom is 1.00 e. The van der Waals surface area contributed by atoms with Crippen molar-refractivity contribution >= 4 is 72.3 Å². The summed E-state index contributed by atoms with van der Waals surface area (Å²) in [5, 5.41) is 15.0. The first-order valence-corrected chi connectivity index (χ1v) is 49.8. The minimum Gasteiger partial charge on any atom is -0.655 e. The van der Waals surface area contributed by atoms with Gasteiger partial charge in [0.2, 0.25) is 0 Å². The Kier molecular flexibility index (Phi) is 42.7. The summed E-state index contributed by atoms with van der Waals surface area (Å²) in [6.45, 7) is 11.5. The average molecular weight is 1810 g/mol. The third-order valence-electron chi connectivity index (χ3n) is 21.4. The summed E-state index contributed by atoms with van der Waals surface area (Å²) in [4.78, 5) is 0. The summed E-state index contributed by atoms with van der Waals surface area (Å²) in [7, 11) is -2.37. The topological polar surface area (TPSA) is 14.1 Å². The van der Waals surface area contributed by atoms with Gasteiger partial charge in [0.15, 0.2) is 0 Å². The van der Waals surface area contributed by atoms with E-state index in [-0.39, 0.29) is 17.1 Å². The van der Waals surface area contributed by atoms with Gasteiger partial charge < -0.3 is 5.32 Å². The van der Waals surface area contributed by atoms with Crippen molar-refractivity contribution in [1.29, 1.82) is 0 Å². The second kappa shape index (κ2) is 57.1. The van der Waals surface area contributed by atoms with Crippen LogP contribution in [0.4, 0.5) is 11.4 Å². The number of rotatable bonds is 17. The molecule has 5 heteroatoms. The molecule has 20 rings (SSSR count). The molecule has 20 aromatic carbocycles. The van der Waals surface area contributed by atoms with Gasteiger partial charge in [-0.25, -0.2) is 0 Å². The van der Waals surface area contributed by atoms with E-state index >= 15 is 0 Å². The molecule has 0 aliphatic rings. The maximum absolute atomic E-state index is 4.91. The number of nitrogens with zero attached hydrogens (tertiary/aromatic N) is 1. The molecule has 1 nitrogen and oxygen atoms in total. The molecule has 0 bridgehead atoms. The van der Waals surface area contributed by atoms with Crippen LogP contribution < -0.4 is 37.1 Å². The van der Waals surface area contributed by atoms with Crippen LogP contribution >= 0.6 is 23.8 Å². The molecule has 0 radical (unpaired) electrons. The first-order chi connectivity index (χ1) is 64.7. The molecule has 0 unspecified atom stereocenters. The van der Waals surface area contributed by atoms with Crippen molar-refractivity contribution < 1.29 is 17.1 Å². The zero-order valence-electron chi connectivity index (χ0n) is 76.0. The quantitative estimate of drug-likeness (QED) is 0.0637. The van der Waals surface area contributed by atoms with Crippen LogP contribution in [0.25, 0.3) is 72.1 Å². The Balaban J connectivity index is 0.000000144. The van der Waals surface area contributed by atoms with Crippen LogP contribution in [0.2, 0.25) is 0 Å². The number of benzene rings is 20. The Bertz CT molecular complexity index is 5210. The Morgan fingerprint density at radius 2 is 0.303 bits per heavy atom. The first kappa shape index (κ1) is 98.6. The van der Waals surface area contributed by atoms with Gasteiger partial charge in [-0.15, -0.1) is 5.69 Å². The molecule has 0 heterocycles. The van der Waals surface area contributed by atoms with Crippen LogP contribution in [-0.4, -0.2) is 11.3 Å². The maximum atomic E-state index is 4.91. The molecule has 0 spiro atoms. The minimum absolute atomic E-state index is 0. The molecule has 0 aliphatic heterocycles. The summed E-state index contributed by atoms with van der Waals surface area (Å²) in [6.07, 6.45) is 0. The second-order valence-electron chi connectivity index (χ2n) is 31.6. The standard InChI is InChI=1S/C19H25NP.2C18H15P.6C12H10.Cu/c1-14(2)21(15(3)4)19-12-11-16(5)13-18(19)20-17-9-7-6-8-10-17;2*1-4-10-16(11-5-1)19(17-12-6-2-7-13-17)18-14-8-3-9-15-18;6*1-3-7-11(8-4-1)12-9-5-2-6-10-12;/h6-15H,1-5H3;2*1-15H;6*1-10H;/q-1;;;;;;;;;+1/p+3. The van der Waals surface area contributed by atoms with E-state index in [1.807, 2.05) is 91.0 Å². The molecule has 0 saturated carbocycles. The van der Waals surface area contributed by atoms with E-state index in [4.69, 9.17) is 5.32 Å². The molecule has 132 heavy (non-hydrogen) atoms. The fraction of sp³-hybridized carbons (Fsp3) is 0.0551. The van der Waals surface area contributed by atoms with Crippen LogP contribution in [0, 0.1) is 6.92 Å². The van der Waals surface area contributed by atoms with E-state index in [1.54, 1.807) is 0 Å². The van der Waals surface area contributed by atoms with E-state index in [9.17, 15) is 0 Å². The molecule has 0 N–H and O–H groups in total. The minimum atomic E-state index is -0.877. The normalized spacial score (nSPS) is 10.1. The largest absolute Gasteiger partial charge is 1.00 e. The van der Waals surface area contributed by atoms with Gasteiger partial charge in [-0.1, -0.05) is 527 Å². The Morgan fingerprint density at radius 1 is 0.167 bits per heavy atom. The first-order valence-electron chi connectivity index (χ1n) is 45.1. The van der Waals surface area contributed by atoms with Crippen molar-refractivity contribution in [3.8, 4) is 66.8 Å². The van der Waals surface area contributed by atoms with Gasteiger partial charge in [-0.2, -0.15) is 0 Å². The number of hydrogen-bond donors (Lipinski definition) is 0. The van der Waals surface area contributed by atoms with Gasteiger partial charge in [0.1, 0.15) is 31.8 Å². The van der Waals surface area contributed by atoms with E-state index in [0.29, 0.717) is 11.3 Å². The SMILES string of the molecule is Cc1ccc([PH+](C(C)C)C(C)C)c([N-]c2ccccc2)c1.[Cu+].c1ccc(-c2ccccc2)cc1.c1ccc(-c2ccccc2)cc1.c1ccc(-c2ccccc2)cc1.c1ccc(-c2ccccc2)cc1.c1ccc(-c2ccccc2)cc1.c1ccc(-c2ccccc2)cc1.c1ccc([PH+](c2ccccc2)c2ccccc2)cc1.c1ccc([PH+](c2ccccc2)c2ccccc2)cc1. The molecular weight excluding hydrogens is 1700 g/mol. The van der Waals surface area contributed by atoms with Gasteiger partial charge in [0.05, 0.1) is 32.5 Å². The predicted octanol–water partition coefficient (Wildman–Crippen LogP) is 32.5. The summed E-state index contributed by atoms with van der Waals surface area (Å²) < 4.78 is 0. The van der Waals surface area contributed by atoms with E-state index < -0.39 is 23.8 Å². The van der Waals surface area contributed by atoms with Crippen molar-refractivity contribution in [2.45, 2.75) is 45.9 Å². The summed E-state index contributed by atoms with van der Waals surface area (Å²) >= 11 is 0. The fourth-order valence-corrected chi connectivity index (χ4v) is 23.5. The van der Waals surface area contributed by atoms with Crippen LogP contribution in [0.15, 0.2) is 595 Å². The van der Waals surface area contributed by atoms with E-state index in [0.717, 1.165) is 11.4 Å². The second-order valence-corrected chi connectivity index (χ2v) is 40.3. The third kappa shape index (κ3) is 33.2. The summed E-state index contributed by atoms with van der Waals surface area (Å²) in [5.74, 6) is 0. The zero-order valence-corrected chi connectivity index (χ0v) is 79.9. The van der Waals surface area contributed by atoms with Crippen LogP contribution in [0.5, 0.6) is 0 Å². The number of para-hydroxylation sites is 1. The van der Waals surface area contributed by atoms with E-state index in [1.165, 1.54) is 109 Å². The van der Waals surface area contributed by atoms with Crippen molar-refractivity contribution in [1.82, 2.24) is 0 Å². The van der Waals surface area contributed by atoms with Crippen molar-refractivity contribution in [2.75, 3.05) is 0 Å². The van der Waals surface area contributed by atoms with Gasteiger partial charge in [0.25, 0.3) is 0 Å². The summed E-state index contributed by atoms with van der Waals surface area (Å²) in [6, 6.07) is 207. The fourth-order valence-electron chi connectivity index (χ4n) is 15.1. The molecule has 0 fully saturated rings. The van der Waals surface area contributed by atoms with Crippen molar-refractivity contribution in [3.05, 3.63) is 605 Å². The number of hydrogen-bond acceptors (Lipinski definition) is 0. The third-order valence-corrected chi connectivity index (χ3v) is 30.4. The molecule has 20 aromatic rings. The van der Waals surface area contributed by atoms with Crippen molar-refractivity contribution in [2.24, 2.45) is 0 Å². The summed E-state index contributed by atoms with van der Waals surface area (Å²) in [5.41, 5.74) is 20.2. The van der Waals surface area contributed by atoms with Crippen LogP contribution in [0.1, 0.15) is 33.3 Å². The van der Waals surface area contributed by atoms with Gasteiger partial charge in [-0.3, -0.25) is 0 Å². The molecule has 0 amide bonds. The van der Waals surface area contributed by atoms with Crippen LogP contribution in [0.3, 0.4) is 0 Å². The zero-order chi connectivity index (χ0) is 90.6. The smallest absolute Gasteiger partial charge is 0.655 e. The number of aryl methyl sites for hydroxylation is 1. The predicted molar refractivity (Wildman–Crippen MR) is 583 cm³/mol. The Labute approximate surface area is 801 Å². The molecular formula is C127H118CuNP3+3. The molecule has 0 saturated heterocycles. The van der Waals surface area contributed by atoms with Crippen LogP contribution in [-0.2, 0) is 17.1 Å². The Morgan fingerprint density at radius 3 is 0.447 bits per heavy atom. The molecule has 654 valence electrons. The van der Waals surface area contributed by atoms with Crippen molar-refractivity contribution in [3.63, 3.8) is 0 Å². The van der Waals surface area contributed by atoms with Gasteiger partial charge in [0, 0.05) is 7.92 Å². The van der Waals surface area contributed by atoms with E-state index in [2.05, 4.69) is 538 Å². The molecule has 0 atom stereocenters. The molecule has 0 aromatic heterocycles. The monoisotopic (exact) mass is 1810 g/mol. The van der Waals surface area contributed by atoms with Gasteiger partial charge >= 0.3 is 17.1 Å². The van der Waals surface area contributed by atoms with Gasteiger partial charge in [-0.05, 0) is 180 Å². The molecule has 0 aliphatic carbocycles. The Hall–Kier alpha value is -14.0. The average Bonchev–Trinajstić information content (AvgIpc) is 0.758.